The highest BCUT2D eigenvalue weighted by atomic mass is 32.1. The van der Waals surface area contributed by atoms with Gasteiger partial charge < -0.3 is 4.90 Å². The minimum absolute atomic E-state index is 0.696. The second kappa shape index (κ2) is 5.46. The molecule has 2 rings (SSSR count). The number of rotatable bonds is 4. The minimum atomic E-state index is 0.696. The summed E-state index contributed by atoms with van der Waals surface area (Å²) >= 11 is 1.69. The fourth-order valence-corrected chi connectivity index (χ4v) is 2.17. The van der Waals surface area contributed by atoms with Gasteiger partial charge in [-0.3, -0.25) is 0 Å². The second-order valence-electron chi connectivity index (χ2n) is 3.76. The average Bonchev–Trinajstić information content (AvgIpc) is 2.89. The van der Waals surface area contributed by atoms with Gasteiger partial charge in [0.1, 0.15) is 0 Å². The third kappa shape index (κ3) is 3.05. The molecule has 1 heterocycles. The number of benzene rings is 1. The van der Waals surface area contributed by atoms with Gasteiger partial charge in [-0.05, 0) is 24.3 Å². The van der Waals surface area contributed by atoms with Gasteiger partial charge in [-0.15, -0.1) is 11.3 Å². The standard InChI is InChI=1S/C13H13N3S/c1-16(8-6-13-15-7-9-17-13)12-4-2-11(10-14)3-5-12/h2-5,7,9H,6,8H2,1H3. The molecule has 0 saturated carbocycles. The fraction of sp³-hybridized carbons (Fsp3) is 0.231. The molecule has 0 aliphatic rings. The lowest BCUT2D eigenvalue weighted by atomic mass is 10.2. The van der Waals surface area contributed by atoms with Crippen molar-refractivity contribution in [1.29, 1.82) is 5.26 Å². The Hall–Kier alpha value is -1.86. The van der Waals surface area contributed by atoms with Gasteiger partial charge in [0.05, 0.1) is 16.6 Å². The Bertz CT molecular complexity index is 496. The summed E-state index contributed by atoms with van der Waals surface area (Å²) in [7, 11) is 2.05. The van der Waals surface area contributed by atoms with Crippen molar-refractivity contribution in [3.8, 4) is 6.07 Å². The summed E-state index contributed by atoms with van der Waals surface area (Å²) in [4.78, 5) is 6.43. The Balaban J connectivity index is 1.95. The van der Waals surface area contributed by atoms with Crippen LogP contribution in [0.3, 0.4) is 0 Å². The van der Waals surface area contributed by atoms with Gasteiger partial charge in [-0.2, -0.15) is 5.26 Å². The van der Waals surface area contributed by atoms with Crippen molar-refractivity contribution in [1.82, 2.24) is 4.98 Å². The van der Waals surface area contributed by atoms with Crippen molar-refractivity contribution in [3.05, 3.63) is 46.4 Å². The Morgan fingerprint density at radius 2 is 2.12 bits per heavy atom. The van der Waals surface area contributed by atoms with Crippen LogP contribution < -0.4 is 4.90 Å². The molecule has 1 aromatic heterocycles. The van der Waals surface area contributed by atoms with Crippen LogP contribution in [0.4, 0.5) is 5.69 Å². The van der Waals surface area contributed by atoms with E-state index in [0.717, 1.165) is 23.7 Å². The smallest absolute Gasteiger partial charge is 0.0991 e. The van der Waals surface area contributed by atoms with Gasteiger partial charge in [-0.25, -0.2) is 4.98 Å². The number of likely N-dealkylation sites (N-methyl/N-ethyl adjacent to an activating group) is 1. The molecule has 2 aromatic rings. The molecule has 3 nitrogen and oxygen atoms in total. The first kappa shape index (κ1) is 11.6. The van der Waals surface area contributed by atoms with Crippen LogP contribution >= 0.6 is 11.3 Å². The fourth-order valence-electron chi connectivity index (χ4n) is 1.56. The minimum Gasteiger partial charge on any atom is -0.374 e. The summed E-state index contributed by atoms with van der Waals surface area (Å²) in [6.45, 7) is 0.930. The van der Waals surface area contributed by atoms with Crippen LogP contribution in [0.25, 0.3) is 0 Å². The van der Waals surface area contributed by atoms with E-state index in [0.29, 0.717) is 5.56 Å². The molecular formula is C13H13N3S. The molecular weight excluding hydrogens is 230 g/mol. The summed E-state index contributed by atoms with van der Waals surface area (Å²) in [5, 5.41) is 11.9. The predicted molar refractivity (Wildman–Crippen MR) is 70.2 cm³/mol. The number of hydrogen-bond donors (Lipinski definition) is 0. The van der Waals surface area contributed by atoms with Crippen molar-refractivity contribution >= 4 is 17.0 Å². The van der Waals surface area contributed by atoms with E-state index in [1.165, 1.54) is 0 Å². The zero-order chi connectivity index (χ0) is 12.1. The van der Waals surface area contributed by atoms with E-state index in [4.69, 9.17) is 5.26 Å². The average molecular weight is 243 g/mol. The number of anilines is 1. The van der Waals surface area contributed by atoms with Crippen LogP contribution in [0.15, 0.2) is 35.8 Å². The zero-order valence-electron chi connectivity index (χ0n) is 9.63. The van der Waals surface area contributed by atoms with Crippen molar-refractivity contribution in [3.63, 3.8) is 0 Å². The summed E-state index contributed by atoms with van der Waals surface area (Å²) in [5.41, 5.74) is 1.82. The van der Waals surface area contributed by atoms with E-state index in [1.54, 1.807) is 11.3 Å². The van der Waals surface area contributed by atoms with Crippen LogP contribution in [-0.4, -0.2) is 18.6 Å². The predicted octanol–water partition coefficient (Wildman–Crippen LogP) is 2.69. The van der Waals surface area contributed by atoms with Gasteiger partial charge in [-0.1, -0.05) is 0 Å². The largest absolute Gasteiger partial charge is 0.374 e. The van der Waals surface area contributed by atoms with Crippen molar-refractivity contribution in [2.45, 2.75) is 6.42 Å². The molecule has 86 valence electrons. The highest BCUT2D eigenvalue weighted by molar-refractivity contribution is 7.09. The molecule has 0 radical (unpaired) electrons. The Morgan fingerprint density at radius 3 is 2.71 bits per heavy atom. The van der Waals surface area contributed by atoms with Gasteiger partial charge in [0.2, 0.25) is 0 Å². The molecule has 0 aliphatic carbocycles. The topological polar surface area (TPSA) is 39.9 Å². The van der Waals surface area contributed by atoms with E-state index < -0.39 is 0 Å². The maximum absolute atomic E-state index is 8.72. The zero-order valence-corrected chi connectivity index (χ0v) is 10.4. The highest BCUT2D eigenvalue weighted by Gasteiger charge is 2.02. The second-order valence-corrected chi connectivity index (χ2v) is 4.74. The van der Waals surface area contributed by atoms with Crippen LogP contribution in [-0.2, 0) is 6.42 Å². The van der Waals surface area contributed by atoms with Crippen LogP contribution in [0.1, 0.15) is 10.6 Å². The monoisotopic (exact) mass is 243 g/mol. The molecule has 0 unspecified atom stereocenters. The molecule has 0 N–H and O–H groups in total. The Morgan fingerprint density at radius 1 is 1.35 bits per heavy atom. The highest BCUT2D eigenvalue weighted by Crippen LogP contribution is 2.14. The first-order valence-corrected chi connectivity index (χ1v) is 6.27. The lowest BCUT2D eigenvalue weighted by Gasteiger charge is -2.18. The van der Waals surface area contributed by atoms with E-state index in [-0.39, 0.29) is 0 Å². The summed E-state index contributed by atoms with van der Waals surface area (Å²) < 4.78 is 0. The summed E-state index contributed by atoms with van der Waals surface area (Å²) in [6.07, 6.45) is 2.79. The molecule has 0 fully saturated rings. The number of aromatic nitrogens is 1. The normalized spacial score (nSPS) is 9.88. The molecule has 0 amide bonds. The van der Waals surface area contributed by atoms with E-state index in [2.05, 4.69) is 23.0 Å². The maximum Gasteiger partial charge on any atom is 0.0991 e. The molecule has 4 heteroatoms. The van der Waals surface area contributed by atoms with Crippen LogP contribution in [0.5, 0.6) is 0 Å². The maximum atomic E-state index is 8.72. The van der Waals surface area contributed by atoms with Crippen molar-refractivity contribution in [2.24, 2.45) is 0 Å². The van der Waals surface area contributed by atoms with Gasteiger partial charge in [0.25, 0.3) is 0 Å². The number of nitriles is 1. The molecule has 0 spiro atoms. The number of thiazole rings is 1. The lowest BCUT2D eigenvalue weighted by molar-refractivity contribution is 0.869. The molecule has 0 bridgehead atoms. The summed E-state index contributed by atoms with van der Waals surface area (Å²) in [6, 6.07) is 9.75. The van der Waals surface area contributed by atoms with Gasteiger partial charge in [0.15, 0.2) is 0 Å². The molecule has 0 saturated heterocycles. The third-order valence-electron chi connectivity index (χ3n) is 2.58. The summed E-state index contributed by atoms with van der Waals surface area (Å²) in [5.74, 6) is 0. The quantitative estimate of drug-likeness (QED) is 0.829. The van der Waals surface area contributed by atoms with Crippen LogP contribution in [0.2, 0.25) is 0 Å². The van der Waals surface area contributed by atoms with Crippen LogP contribution in [0, 0.1) is 11.3 Å². The van der Waals surface area contributed by atoms with Gasteiger partial charge >= 0.3 is 0 Å². The van der Waals surface area contributed by atoms with Crippen molar-refractivity contribution < 1.29 is 0 Å². The molecule has 17 heavy (non-hydrogen) atoms. The number of nitrogens with zero attached hydrogens (tertiary/aromatic N) is 3. The Kier molecular flexibility index (Phi) is 3.73. The van der Waals surface area contributed by atoms with E-state index >= 15 is 0 Å². The Labute approximate surface area is 105 Å². The van der Waals surface area contributed by atoms with E-state index in [9.17, 15) is 0 Å². The van der Waals surface area contributed by atoms with Crippen molar-refractivity contribution in [2.75, 3.05) is 18.5 Å². The lowest BCUT2D eigenvalue weighted by Crippen LogP contribution is -2.20. The van der Waals surface area contributed by atoms with Gasteiger partial charge in [0, 0.05) is 37.3 Å². The first-order chi connectivity index (χ1) is 8.29. The third-order valence-corrected chi connectivity index (χ3v) is 3.42. The number of hydrogen-bond acceptors (Lipinski definition) is 4. The first-order valence-electron chi connectivity index (χ1n) is 5.39. The molecule has 0 aliphatic heterocycles. The SMILES string of the molecule is CN(CCc1nccs1)c1ccc(C#N)cc1. The molecule has 1 aromatic carbocycles. The molecule has 0 atom stereocenters. The van der Waals surface area contributed by atoms with E-state index in [1.807, 2.05) is 35.8 Å².